The summed E-state index contributed by atoms with van der Waals surface area (Å²) < 4.78 is 5.75. The molecule has 9 heteroatoms. The van der Waals surface area contributed by atoms with Crippen molar-refractivity contribution in [1.82, 2.24) is 15.1 Å². The molecule has 1 N–H and O–H groups in total. The Morgan fingerprint density at radius 3 is 2.61 bits per heavy atom. The Hall–Kier alpha value is -2.12. The number of nitrogens with zero attached hydrogens (tertiary/aromatic N) is 3. The van der Waals surface area contributed by atoms with Crippen molar-refractivity contribution in [2.24, 2.45) is 0 Å². The van der Waals surface area contributed by atoms with E-state index in [-0.39, 0.29) is 24.4 Å². The lowest BCUT2D eigenvalue weighted by molar-refractivity contribution is -0.117. The fraction of sp³-hybridized carbons (Fsp3) is 0.211. The number of likely N-dealkylation sites (N-methyl/N-ethyl adjacent to an activating group) is 1. The predicted molar refractivity (Wildman–Crippen MR) is 111 cm³/mol. The lowest BCUT2D eigenvalue weighted by Crippen LogP contribution is -2.32. The number of nitrogens with one attached hydrogen (secondary N) is 1. The molecule has 0 saturated heterocycles. The largest absolute Gasteiger partial charge is 0.419 e. The van der Waals surface area contributed by atoms with Crippen molar-refractivity contribution in [3.8, 4) is 11.5 Å². The van der Waals surface area contributed by atoms with Crippen molar-refractivity contribution >= 4 is 46.4 Å². The zero-order valence-electron chi connectivity index (χ0n) is 15.1. The van der Waals surface area contributed by atoms with Gasteiger partial charge in [-0.1, -0.05) is 46.9 Å². The summed E-state index contributed by atoms with van der Waals surface area (Å²) in [5.74, 6) is 0.453. The first kappa shape index (κ1) is 20.6. The number of amides is 1. The van der Waals surface area contributed by atoms with Gasteiger partial charge in [-0.2, -0.15) is 0 Å². The molecule has 0 spiro atoms. The van der Waals surface area contributed by atoms with Crippen LogP contribution >= 0.6 is 34.8 Å². The highest BCUT2D eigenvalue weighted by Gasteiger charge is 2.22. The molecule has 0 saturated carbocycles. The minimum atomic E-state index is -0.288. The van der Waals surface area contributed by atoms with Crippen LogP contribution in [0, 0.1) is 0 Å². The molecular formula is C19H17Cl3N4O2. The van der Waals surface area contributed by atoms with Crippen LogP contribution in [0.5, 0.6) is 0 Å². The minimum absolute atomic E-state index is 0.117. The molecule has 1 atom stereocenters. The van der Waals surface area contributed by atoms with Crippen molar-refractivity contribution in [2.45, 2.75) is 13.0 Å². The van der Waals surface area contributed by atoms with Crippen molar-refractivity contribution in [3.05, 3.63) is 63.4 Å². The first-order valence-electron chi connectivity index (χ1n) is 8.38. The third kappa shape index (κ3) is 4.83. The molecule has 0 aliphatic heterocycles. The van der Waals surface area contributed by atoms with E-state index < -0.39 is 0 Å². The van der Waals surface area contributed by atoms with Gasteiger partial charge in [-0.15, -0.1) is 10.2 Å². The fourth-order valence-electron chi connectivity index (χ4n) is 2.48. The maximum atomic E-state index is 12.3. The van der Waals surface area contributed by atoms with E-state index >= 15 is 0 Å². The molecule has 2 aromatic carbocycles. The van der Waals surface area contributed by atoms with E-state index in [0.29, 0.717) is 32.2 Å². The summed E-state index contributed by atoms with van der Waals surface area (Å²) in [5, 5.41) is 12.3. The van der Waals surface area contributed by atoms with Crippen molar-refractivity contribution in [1.29, 1.82) is 0 Å². The van der Waals surface area contributed by atoms with Crippen LogP contribution in [0.25, 0.3) is 11.5 Å². The molecule has 146 valence electrons. The molecular weight excluding hydrogens is 423 g/mol. The molecule has 3 aromatic rings. The molecule has 0 unspecified atom stereocenters. The second-order valence-corrected chi connectivity index (χ2v) is 7.44. The van der Waals surface area contributed by atoms with E-state index in [1.54, 1.807) is 54.4 Å². The van der Waals surface area contributed by atoms with Gasteiger partial charge in [0.15, 0.2) is 0 Å². The van der Waals surface area contributed by atoms with Gasteiger partial charge in [0.1, 0.15) is 0 Å². The van der Waals surface area contributed by atoms with Crippen LogP contribution in [0.4, 0.5) is 5.69 Å². The van der Waals surface area contributed by atoms with Gasteiger partial charge in [0, 0.05) is 5.02 Å². The van der Waals surface area contributed by atoms with Gasteiger partial charge in [-0.25, -0.2) is 0 Å². The first-order chi connectivity index (χ1) is 13.3. The quantitative estimate of drug-likeness (QED) is 0.562. The van der Waals surface area contributed by atoms with Gasteiger partial charge in [0.05, 0.1) is 33.9 Å². The summed E-state index contributed by atoms with van der Waals surface area (Å²) in [6.45, 7) is 1.98. The summed E-state index contributed by atoms with van der Waals surface area (Å²) in [5.41, 5.74) is 1.16. The SMILES string of the molecule is C[C@@H](c1nnc(-c2ccc(Cl)cc2Cl)o1)N(C)CC(=O)Nc1ccccc1Cl. The summed E-state index contributed by atoms with van der Waals surface area (Å²) in [7, 11) is 1.79. The third-order valence-electron chi connectivity index (χ3n) is 4.16. The van der Waals surface area contributed by atoms with Gasteiger partial charge < -0.3 is 9.73 Å². The number of hydrogen-bond acceptors (Lipinski definition) is 5. The lowest BCUT2D eigenvalue weighted by atomic mass is 10.2. The predicted octanol–water partition coefficient (Wildman–Crippen LogP) is 5.33. The summed E-state index contributed by atoms with van der Waals surface area (Å²) in [6.07, 6.45) is 0. The molecule has 1 heterocycles. The van der Waals surface area contributed by atoms with Crippen molar-refractivity contribution in [3.63, 3.8) is 0 Å². The zero-order valence-corrected chi connectivity index (χ0v) is 17.4. The zero-order chi connectivity index (χ0) is 20.3. The Morgan fingerprint density at radius 2 is 1.89 bits per heavy atom. The molecule has 0 radical (unpaired) electrons. The Bertz CT molecular complexity index is 993. The summed E-state index contributed by atoms with van der Waals surface area (Å²) in [6, 6.07) is 11.8. The number of halogens is 3. The smallest absolute Gasteiger partial charge is 0.249 e. The van der Waals surface area contributed by atoms with Crippen LogP contribution in [0.1, 0.15) is 18.9 Å². The van der Waals surface area contributed by atoms with E-state index in [1.807, 2.05) is 6.92 Å². The molecule has 0 bridgehead atoms. The molecule has 1 amide bonds. The van der Waals surface area contributed by atoms with Crippen LogP contribution in [0.15, 0.2) is 46.9 Å². The number of carbonyl (C=O) groups is 1. The number of benzene rings is 2. The average molecular weight is 440 g/mol. The second kappa shape index (κ2) is 8.92. The number of anilines is 1. The molecule has 1 aromatic heterocycles. The van der Waals surface area contributed by atoms with E-state index in [9.17, 15) is 4.79 Å². The molecule has 0 fully saturated rings. The van der Waals surface area contributed by atoms with Crippen molar-refractivity contribution < 1.29 is 9.21 Å². The van der Waals surface area contributed by atoms with E-state index in [1.165, 1.54) is 0 Å². The highest BCUT2D eigenvalue weighted by molar-refractivity contribution is 6.36. The number of para-hydroxylation sites is 1. The minimum Gasteiger partial charge on any atom is -0.419 e. The highest BCUT2D eigenvalue weighted by atomic mass is 35.5. The third-order valence-corrected chi connectivity index (χ3v) is 5.04. The van der Waals surface area contributed by atoms with Crippen LogP contribution in [0.2, 0.25) is 15.1 Å². The number of hydrogen-bond donors (Lipinski definition) is 1. The number of aromatic nitrogens is 2. The fourth-order valence-corrected chi connectivity index (χ4v) is 3.15. The second-order valence-electron chi connectivity index (χ2n) is 6.19. The molecule has 0 aliphatic rings. The Morgan fingerprint density at radius 1 is 1.14 bits per heavy atom. The topological polar surface area (TPSA) is 71.3 Å². The van der Waals surface area contributed by atoms with E-state index in [0.717, 1.165) is 0 Å². The Labute approximate surface area is 177 Å². The lowest BCUT2D eigenvalue weighted by Gasteiger charge is -2.21. The van der Waals surface area contributed by atoms with Crippen LogP contribution in [-0.2, 0) is 4.79 Å². The number of rotatable bonds is 6. The van der Waals surface area contributed by atoms with Gasteiger partial charge in [0.25, 0.3) is 0 Å². The maximum absolute atomic E-state index is 12.3. The monoisotopic (exact) mass is 438 g/mol. The average Bonchev–Trinajstić information content (AvgIpc) is 3.12. The van der Waals surface area contributed by atoms with Gasteiger partial charge in [0.2, 0.25) is 17.7 Å². The van der Waals surface area contributed by atoms with Gasteiger partial charge >= 0.3 is 0 Å². The van der Waals surface area contributed by atoms with E-state index in [4.69, 9.17) is 39.2 Å². The Balaban J connectivity index is 1.66. The normalized spacial score (nSPS) is 12.2. The molecule has 6 nitrogen and oxygen atoms in total. The van der Waals surface area contributed by atoms with Crippen molar-refractivity contribution in [2.75, 3.05) is 18.9 Å². The molecule has 3 rings (SSSR count). The molecule has 0 aliphatic carbocycles. The highest BCUT2D eigenvalue weighted by Crippen LogP contribution is 2.31. The molecule has 28 heavy (non-hydrogen) atoms. The van der Waals surface area contributed by atoms with Crippen LogP contribution in [-0.4, -0.2) is 34.6 Å². The van der Waals surface area contributed by atoms with Gasteiger partial charge in [-0.3, -0.25) is 9.69 Å². The van der Waals surface area contributed by atoms with E-state index in [2.05, 4.69) is 15.5 Å². The first-order valence-corrected chi connectivity index (χ1v) is 9.52. The maximum Gasteiger partial charge on any atom is 0.249 e. The Kier molecular flexibility index (Phi) is 6.57. The van der Waals surface area contributed by atoms with Gasteiger partial charge in [-0.05, 0) is 44.3 Å². The summed E-state index contributed by atoms with van der Waals surface area (Å²) >= 11 is 18.2. The van der Waals surface area contributed by atoms with Crippen LogP contribution < -0.4 is 5.32 Å². The summed E-state index contributed by atoms with van der Waals surface area (Å²) in [4.78, 5) is 14.1. The van der Waals surface area contributed by atoms with Crippen LogP contribution in [0.3, 0.4) is 0 Å². The standard InChI is InChI=1S/C19H17Cl3N4O2/c1-11(26(2)10-17(27)23-16-6-4-3-5-14(16)21)18-24-25-19(28-18)13-8-7-12(20)9-15(13)22/h3-9,11H,10H2,1-2H3,(H,23,27)/t11-/m0/s1. The number of carbonyl (C=O) groups excluding carboxylic acids is 1.